The molecule has 3 rings (SSSR count). The van der Waals surface area contributed by atoms with Gasteiger partial charge in [-0.15, -0.1) is 0 Å². The summed E-state index contributed by atoms with van der Waals surface area (Å²) in [6.07, 6.45) is 3.66. The molecular formula is C14H18ClN3O. The molecule has 102 valence electrons. The summed E-state index contributed by atoms with van der Waals surface area (Å²) in [6, 6.07) is 6.52. The maximum atomic E-state index is 11.1. The van der Waals surface area contributed by atoms with Crippen LogP contribution >= 0.6 is 11.6 Å². The van der Waals surface area contributed by atoms with E-state index in [0.717, 1.165) is 25.2 Å². The van der Waals surface area contributed by atoms with Gasteiger partial charge in [-0.3, -0.25) is 4.79 Å². The van der Waals surface area contributed by atoms with Gasteiger partial charge in [0.05, 0.1) is 10.7 Å². The Hall–Kier alpha value is -1.26. The minimum Gasteiger partial charge on any atom is -0.369 e. The molecule has 0 radical (unpaired) electrons. The quantitative estimate of drug-likeness (QED) is 0.867. The van der Waals surface area contributed by atoms with Gasteiger partial charge in [0.25, 0.3) is 0 Å². The van der Waals surface area contributed by atoms with E-state index in [-0.39, 0.29) is 0 Å². The van der Waals surface area contributed by atoms with Crippen molar-refractivity contribution in [3.8, 4) is 0 Å². The van der Waals surface area contributed by atoms with E-state index in [0.29, 0.717) is 22.7 Å². The number of amides is 1. The van der Waals surface area contributed by atoms with Gasteiger partial charge in [-0.25, -0.2) is 0 Å². The molecule has 1 aromatic rings. The number of nitrogens with two attached hydrogens (primary N) is 1. The van der Waals surface area contributed by atoms with Crippen molar-refractivity contribution in [2.75, 3.05) is 18.0 Å². The maximum Gasteiger partial charge on any atom is 0.248 e. The van der Waals surface area contributed by atoms with E-state index >= 15 is 0 Å². The summed E-state index contributed by atoms with van der Waals surface area (Å²) in [5.41, 5.74) is 6.73. The van der Waals surface area contributed by atoms with Crippen LogP contribution in [-0.4, -0.2) is 31.1 Å². The van der Waals surface area contributed by atoms with E-state index in [1.54, 1.807) is 12.1 Å². The summed E-state index contributed by atoms with van der Waals surface area (Å²) in [6.45, 7) is 1.98. The summed E-state index contributed by atoms with van der Waals surface area (Å²) < 4.78 is 0. The molecule has 1 aromatic carbocycles. The first-order valence-electron chi connectivity index (χ1n) is 6.74. The molecule has 2 aliphatic rings. The lowest BCUT2D eigenvalue weighted by atomic mass is 10.1. The predicted octanol–water partition coefficient (Wildman–Crippen LogP) is 1.77. The van der Waals surface area contributed by atoms with Crippen LogP contribution < -0.4 is 16.0 Å². The van der Waals surface area contributed by atoms with Crippen molar-refractivity contribution in [3.63, 3.8) is 0 Å². The molecule has 4 nitrogen and oxygen atoms in total. The molecule has 5 heteroatoms. The number of carbonyl (C=O) groups is 1. The summed E-state index contributed by atoms with van der Waals surface area (Å²) in [4.78, 5) is 13.4. The van der Waals surface area contributed by atoms with Crippen LogP contribution in [0.4, 0.5) is 5.69 Å². The van der Waals surface area contributed by atoms with Crippen molar-refractivity contribution >= 4 is 23.2 Å². The van der Waals surface area contributed by atoms with Crippen LogP contribution in [0.25, 0.3) is 0 Å². The predicted molar refractivity (Wildman–Crippen MR) is 76.7 cm³/mol. The fourth-order valence-corrected chi connectivity index (χ4v) is 3.38. The summed E-state index contributed by atoms with van der Waals surface area (Å²) in [5, 5.41) is 4.25. The van der Waals surface area contributed by atoms with Crippen molar-refractivity contribution in [2.24, 2.45) is 5.73 Å². The summed E-state index contributed by atoms with van der Waals surface area (Å²) in [7, 11) is 0. The van der Waals surface area contributed by atoms with Crippen molar-refractivity contribution in [2.45, 2.75) is 31.3 Å². The highest BCUT2D eigenvalue weighted by atomic mass is 35.5. The topological polar surface area (TPSA) is 58.4 Å². The average Bonchev–Trinajstić information content (AvgIpc) is 2.70. The Bertz CT molecular complexity index is 505. The SMILES string of the molecule is NC(=O)c1ccc(N2CCC3CCC(C2)N3)c(Cl)c1. The van der Waals surface area contributed by atoms with Crippen molar-refractivity contribution in [3.05, 3.63) is 28.8 Å². The Morgan fingerprint density at radius 1 is 1.32 bits per heavy atom. The number of anilines is 1. The molecular weight excluding hydrogens is 262 g/mol. The highest BCUT2D eigenvalue weighted by molar-refractivity contribution is 6.33. The molecule has 2 bridgehead atoms. The van der Waals surface area contributed by atoms with Gasteiger partial charge in [0.2, 0.25) is 5.91 Å². The number of hydrogen-bond donors (Lipinski definition) is 2. The molecule has 2 saturated heterocycles. The van der Waals surface area contributed by atoms with Crippen LogP contribution in [0.5, 0.6) is 0 Å². The second kappa shape index (κ2) is 5.02. The Kier molecular flexibility index (Phi) is 3.37. The number of nitrogens with zero attached hydrogens (tertiary/aromatic N) is 1. The average molecular weight is 280 g/mol. The summed E-state index contributed by atoms with van der Waals surface area (Å²) in [5.74, 6) is -0.440. The second-order valence-corrected chi connectivity index (χ2v) is 5.81. The number of primary amides is 1. The largest absolute Gasteiger partial charge is 0.369 e. The Morgan fingerprint density at radius 2 is 2.11 bits per heavy atom. The van der Waals surface area contributed by atoms with Gasteiger partial charge in [0.1, 0.15) is 0 Å². The molecule has 0 saturated carbocycles. The molecule has 0 spiro atoms. The van der Waals surface area contributed by atoms with Gasteiger partial charge >= 0.3 is 0 Å². The molecule has 2 unspecified atom stereocenters. The lowest BCUT2D eigenvalue weighted by Crippen LogP contribution is -2.35. The van der Waals surface area contributed by atoms with Crippen LogP contribution in [0.3, 0.4) is 0 Å². The Morgan fingerprint density at radius 3 is 2.84 bits per heavy atom. The minimum absolute atomic E-state index is 0.440. The van der Waals surface area contributed by atoms with Gasteiger partial charge in [0, 0.05) is 30.7 Å². The molecule has 2 atom stereocenters. The van der Waals surface area contributed by atoms with E-state index in [1.807, 2.05) is 6.07 Å². The monoisotopic (exact) mass is 279 g/mol. The van der Waals surface area contributed by atoms with Crippen molar-refractivity contribution < 1.29 is 4.79 Å². The third kappa shape index (κ3) is 2.55. The van der Waals surface area contributed by atoms with E-state index < -0.39 is 5.91 Å². The number of benzene rings is 1. The molecule has 1 amide bonds. The molecule has 2 fully saturated rings. The lowest BCUT2D eigenvalue weighted by Gasteiger charge is -2.27. The van der Waals surface area contributed by atoms with E-state index in [4.69, 9.17) is 17.3 Å². The zero-order chi connectivity index (χ0) is 13.4. The number of hydrogen-bond acceptors (Lipinski definition) is 3. The van der Waals surface area contributed by atoms with Crippen molar-refractivity contribution in [1.29, 1.82) is 0 Å². The third-order valence-electron chi connectivity index (χ3n) is 4.10. The molecule has 0 aliphatic carbocycles. The standard InChI is InChI=1S/C14H18ClN3O/c15-12-7-9(14(16)19)1-4-13(12)18-6-5-10-2-3-11(8-18)17-10/h1,4,7,10-11,17H,2-3,5-6,8H2,(H2,16,19). The van der Waals surface area contributed by atoms with E-state index in [2.05, 4.69) is 10.2 Å². The van der Waals surface area contributed by atoms with E-state index in [1.165, 1.54) is 12.8 Å². The molecule has 2 aliphatic heterocycles. The zero-order valence-corrected chi connectivity index (χ0v) is 11.5. The second-order valence-electron chi connectivity index (χ2n) is 5.40. The zero-order valence-electron chi connectivity index (χ0n) is 10.7. The molecule has 19 heavy (non-hydrogen) atoms. The van der Waals surface area contributed by atoms with Gasteiger partial charge in [0.15, 0.2) is 0 Å². The lowest BCUT2D eigenvalue weighted by molar-refractivity contribution is 0.100. The van der Waals surface area contributed by atoms with Gasteiger partial charge in [-0.05, 0) is 37.5 Å². The number of rotatable bonds is 2. The van der Waals surface area contributed by atoms with Crippen LogP contribution in [0.1, 0.15) is 29.6 Å². The first-order chi connectivity index (χ1) is 9.13. The van der Waals surface area contributed by atoms with E-state index in [9.17, 15) is 4.79 Å². The summed E-state index contributed by atoms with van der Waals surface area (Å²) >= 11 is 6.29. The van der Waals surface area contributed by atoms with Gasteiger partial charge in [-0.2, -0.15) is 0 Å². The van der Waals surface area contributed by atoms with Crippen LogP contribution in [-0.2, 0) is 0 Å². The first kappa shape index (κ1) is 12.8. The Balaban J connectivity index is 1.83. The van der Waals surface area contributed by atoms with Crippen molar-refractivity contribution in [1.82, 2.24) is 5.32 Å². The molecule has 2 heterocycles. The normalized spacial score (nSPS) is 26.3. The molecule has 3 N–H and O–H groups in total. The number of carbonyl (C=O) groups excluding carboxylic acids is 1. The highest BCUT2D eigenvalue weighted by Gasteiger charge is 2.29. The fourth-order valence-electron chi connectivity index (χ4n) is 3.08. The highest BCUT2D eigenvalue weighted by Crippen LogP contribution is 2.30. The third-order valence-corrected chi connectivity index (χ3v) is 4.40. The smallest absolute Gasteiger partial charge is 0.248 e. The number of halogens is 1. The number of nitrogens with one attached hydrogen (secondary N) is 1. The minimum atomic E-state index is -0.440. The maximum absolute atomic E-state index is 11.1. The van der Waals surface area contributed by atoms with Crippen LogP contribution in [0.15, 0.2) is 18.2 Å². The number of fused-ring (bicyclic) bond motifs is 2. The first-order valence-corrected chi connectivity index (χ1v) is 7.11. The molecule has 0 aromatic heterocycles. The fraction of sp³-hybridized carbons (Fsp3) is 0.500. The Labute approximate surface area is 117 Å². The van der Waals surface area contributed by atoms with Crippen LogP contribution in [0, 0.1) is 0 Å². The van der Waals surface area contributed by atoms with Gasteiger partial charge in [-0.1, -0.05) is 11.6 Å². The van der Waals surface area contributed by atoms with Gasteiger partial charge < -0.3 is 16.0 Å². The van der Waals surface area contributed by atoms with Crippen LogP contribution in [0.2, 0.25) is 5.02 Å².